The van der Waals surface area contributed by atoms with E-state index in [9.17, 15) is 9.90 Å². The number of nitrogens with one attached hydrogen (secondary N) is 1. The summed E-state index contributed by atoms with van der Waals surface area (Å²) in [6.07, 6.45) is 2.25. The lowest BCUT2D eigenvalue weighted by atomic mass is 9.91. The van der Waals surface area contributed by atoms with Crippen molar-refractivity contribution in [3.05, 3.63) is 17.1 Å². The van der Waals surface area contributed by atoms with Gasteiger partial charge >= 0.3 is 0 Å². The molecule has 0 aliphatic carbocycles. The molecule has 0 saturated carbocycles. The first-order valence-corrected chi connectivity index (χ1v) is 9.63. The van der Waals surface area contributed by atoms with Crippen molar-refractivity contribution in [2.45, 2.75) is 44.7 Å². The number of nitrogens with zero attached hydrogens (tertiary/aromatic N) is 4. The number of aliphatic hydroxyl groups excluding tert-OH is 1. The van der Waals surface area contributed by atoms with Gasteiger partial charge in [-0.15, -0.1) is 0 Å². The van der Waals surface area contributed by atoms with Crippen LogP contribution in [-0.2, 0) is 4.74 Å². The Balaban J connectivity index is 1.82. The Morgan fingerprint density at radius 3 is 2.63 bits per heavy atom. The topological polar surface area (TPSA) is 90.8 Å². The maximum Gasteiger partial charge on any atom is 0.289 e. The van der Waals surface area contributed by atoms with E-state index in [4.69, 9.17) is 4.74 Å². The number of ether oxygens (including phenoxy) is 1. The SMILES string of the molecule is Cc1nc(C(=O)NC2(CO)CCOCC2)nc(N2CC[C@@H](N(C)C)C2)c1C. The van der Waals surface area contributed by atoms with Gasteiger partial charge in [-0.05, 0) is 47.2 Å². The van der Waals surface area contributed by atoms with E-state index in [0.29, 0.717) is 32.1 Å². The normalized spacial score (nSPS) is 22.3. The molecule has 1 aromatic rings. The number of amides is 1. The standard InChI is InChI=1S/C19H31N5O3/c1-13-14(2)20-16(18(26)22-19(12-25)6-9-27-10-7-19)21-17(13)24-8-5-15(11-24)23(3)4/h15,25H,5-12H2,1-4H3,(H,22,26)/t15-/m1/s1. The van der Waals surface area contributed by atoms with Gasteiger partial charge in [-0.1, -0.05) is 0 Å². The number of anilines is 1. The molecule has 2 N–H and O–H groups in total. The molecule has 8 nitrogen and oxygen atoms in total. The molecular weight excluding hydrogens is 346 g/mol. The molecule has 8 heteroatoms. The second-order valence-electron chi connectivity index (χ2n) is 7.94. The van der Waals surface area contributed by atoms with Crippen LogP contribution in [0.3, 0.4) is 0 Å². The highest BCUT2D eigenvalue weighted by molar-refractivity contribution is 5.91. The summed E-state index contributed by atoms with van der Waals surface area (Å²) >= 11 is 0. The van der Waals surface area contributed by atoms with E-state index < -0.39 is 5.54 Å². The van der Waals surface area contributed by atoms with E-state index in [1.54, 1.807) is 0 Å². The maximum absolute atomic E-state index is 12.9. The van der Waals surface area contributed by atoms with Crippen molar-refractivity contribution < 1.29 is 14.6 Å². The van der Waals surface area contributed by atoms with Crippen molar-refractivity contribution in [2.24, 2.45) is 0 Å². The Hall–Kier alpha value is -1.77. The molecule has 1 aromatic heterocycles. The molecule has 150 valence electrons. The van der Waals surface area contributed by atoms with Crippen molar-refractivity contribution in [1.82, 2.24) is 20.2 Å². The maximum atomic E-state index is 12.9. The molecule has 0 bridgehead atoms. The number of carbonyl (C=O) groups is 1. The van der Waals surface area contributed by atoms with Crippen molar-refractivity contribution in [2.75, 3.05) is 51.9 Å². The second-order valence-corrected chi connectivity index (χ2v) is 7.94. The van der Waals surface area contributed by atoms with Gasteiger partial charge in [0.1, 0.15) is 5.82 Å². The third kappa shape index (κ3) is 4.23. The van der Waals surface area contributed by atoms with Crippen molar-refractivity contribution in [3.8, 4) is 0 Å². The van der Waals surface area contributed by atoms with Crippen LogP contribution in [0.25, 0.3) is 0 Å². The predicted octanol–water partition coefficient (Wildman–Crippen LogP) is 0.505. The number of hydrogen-bond acceptors (Lipinski definition) is 7. The van der Waals surface area contributed by atoms with Crippen LogP contribution in [0.5, 0.6) is 0 Å². The zero-order valence-electron chi connectivity index (χ0n) is 16.8. The number of aliphatic hydroxyl groups is 1. The monoisotopic (exact) mass is 377 g/mol. The first kappa shape index (κ1) is 20.0. The first-order chi connectivity index (χ1) is 12.8. The van der Waals surface area contributed by atoms with Gasteiger partial charge in [0.25, 0.3) is 5.91 Å². The smallest absolute Gasteiger partial charge is 0.289 e. The van der Waals surface area contributed by atoms with E-state index in [2.05, 4.69) is 39.2 Å². The number of aryl methyl sites for hydroxylation is 1. The fourth-order valence-electron chi connectivity index (χ4n) is 3.76. The molecule has 0 aromatic carbocycles. The molecule has 2 aliphatic rings. The predicted molar refractivity (Wildman–Crippen MR) is 103 cm³/mol. The average molecular weight is 377 g/mol. The molecule has 2 saturated heterocycles. The molecule has 0 unspecified atom stereocenters. The van der Waals surface area contributed by atoms with E-state index in [-0.39, 0.29) is 18.3 Å². The van der Waals surface area contributed by atoms with Gasteiger partial charge in [0, 0.05) is 43.6 Å². The van der Waals surface area contributed by atoms with Crippen LogP contribution >= 0.6 is 0 Å². The van der Waals surface area contributed by atoms with E-state index in [0.717, 1.165) is 36.6 Å². The van der Waals surface area contributed by atoms with Crippen LogP contribution in [0.4, 0.5) is 5.82 Å². The fraction of sp³-hybridized carbons (Fsp3) is 0.737. The van der Waals surface area contributed by atoms with Crippen molar-refractivity contribution in [3.63, 3.8) is 0 Å². The van der Waals surface area contributed by atoms with Gasteiger partial charge in [0.15, 0.2) is 0 Å². The molecule has 3 rings (SSSR count). The third-order valence-corrected chi connectivity index (χ3v) is 5.89. The number of rotatable bonds is 5. The van der Waals surface area contributed by atoms with E-state index in [1.165, 1.54) is 0 Å². The van der Waals surface area contributed by atoms with E-state index >= 15 is 0 Å². The van der Waals surface area contributed by atoms with Crippen LogP contribution in [0.2, 0.25) is 0 Å². The summed E-state index contributed by atoms with van der Waals surface area (Å²) in [5, 5.41) is 12.8. The quantitative estimate of drug-likeness (QED) is 0.772. The fourth-order valence-corrected chi connectivity index (χ4v) is 3.76. The summed E-state index contributed by atoms with van der Waals surface area (Å²) in [4.78, 5) is 26.4. The van der Waals surface area contributed by atoms with Crippen LogP contribution in [0, 0.1) is 13.8 Å². The molecule has 1 atom stereocenters. The van der Waals surface area contributed by atoms with Gasteiger partial charge in [0.2, 0.25) is 5.82 Å². The number of carbonyl (C=O) groups excluding carboxylic acids is 1. The second kappa shape index (κ2) is 8.08. The minimum atomic E-state index is -0.651. The zero-order valence-corrected chi connectivity index (χ0v) is 16.8. The number of hydrogen-bond donors (Lipinski definition) is 2. The summed E-state index contributed by atoms with van der Waals surface area (Å²) in [6.45, 7) is 6.66. The Morgan fingerprint density at radius 2 is 2.04 bits per heavy atom. The summed E-state index contributed by atoms with van der Waals surface area (Å²) < 4.78 is 5.36. The van der Waals surface area contributed by atoms with Crippen molar-refractivity contribution >= 4 is 11.7 Å². The van der Waals surface area contributed by atoms with Crippen LogP contribution in [0.1, 0.15) is 41.1 Å². The first-order valence-electron chi connectivity index (χ1n) is 9.63. The minimum absolute atomic E-state index is 0.115. The lowest BCUT2D eigenvalue weighted by molar-refractivity contribution is 0.0123. The van der Waals surface area contributed by atoms with E-state index in [1.807, 2.05) is 13.8 Å². The summed E-state index contributed by atoms with van der Waals surface area (Å²) in [7, 11) is 4.18. The summed E-state index contributed by atoms with van der Waals surface area (Å²) in [6, 6.07) is 0.483. The molecule has 27 heavy (non-hydrogen) atoms. The van der Waals surface area contributed by atoms with Crippen molar-refractivity contribution in [1.29, 1.82) is 0 Å². The Kier molecular flexibility index (Phi) is 5.98. The molecule has 1 amide bonds. The highest BCUT2D eigenvalue weighted by Crippen LogP contribution is 2.26. The molecule has 2 aliphatic heterocycles. The minimum Gasteiger partial charge on any atom is -0.394 e. The molecule has 0 radical (unpaired) electrons. The number of likely N-dealkylation sites (N-methyl/N-ethyl adjacent to an activating group) is 1. The Morgan fingerprint density at radius 1 is 1.33 bits per heavy atom. The van der Waals surface area contributed by atoms with Gasteiger partial charge in [0.05, 0.1) is 12.1 Å². The van der Waals surface area contributed by atoms with Gasteiger partial charge in [-0.25, -0.2) is 9.97 Å². The Labute approximate surface area is 160 Å². The Bertz CT molecular complexity index is 688. The van der Waals surface area contributed by atoms with Gasteiger partial charge < -0.3 is 25.0 Å². The zero-order chi connectivity index (χ0) is 19.6. The third-order valence-electron chi connectivity index (χ3n) is 5.89. The highest BCUT2D eigenvalue weighted by Gasteiger charge is 2.35. The summed E-state index contributed by atoms with van der Waals surface area (Å²) in [5.41, 5.74) is 1.17. The molecule has 2 fully saturated rings. The van der Waals surface area contributed by atoms with Gasteiger partial charge in [-0.3, -0.25) is 4.79 Å². The van der Waals surface area contributed by atoms with Gasteiger partial charge in [-0.2, -0.15) is 0 Å². The average Bonchev–Trinajstić information content (AvgIpc) is 3.14. The van der Waals surface area contributed by atoms with Crippen LogP contribution in [0.15, 0.2) is 0 Å². The molecular formula is C19H31N5O3. The largest absolute Gasteiger partial charge is 0.394 e. The molecule has 3 heterocycles. The van der Waals surface area contributed by atoms with Crippen LogP contribution < -0.4 is 10.2 Å². The lowest BCUT2D eigenvalue weighted by Crippen LogP contribution is -2.55. The molecule has 0 spiro atoms. The number of aromatic nitrogens is 2. The highest BCUT2D eigenvalue weighted by atomic mass is 16.5. The summed E-state index contributed by atoms with van der Waals surface area (Å²) in [5.74, 6) is 0.668. The van der Waals surface area contributed by atoms with Crippen LogP contribution in [-0.4, -0.2) is 84.5 Å². The lowest BCUT2D eigenvalue weighted by Gasteiger charge is -2.36.